The molecular formula is C4H12O3Si. The van der Waals surface area contributed by atoms with Gasteiger partial charge in [-0.25, -0.2) is 0 Å². The molecule has 0 fully saturated rings. The van der Waals surface area contributed by atoms with Crippen LogP contribution in [0, 0.1) is 0 Å². The normalized spacial score (nSPS) is 12.0. The minimum absolute atomic E-state index is 0.190. The second kappa shape index (κ2) is 5.24. The minimum atomic E-state index is -1.25. The molecule has 50 valence electrons. The van der Waals surface area contributed by atoms with Crippen molar-refractivity contribution in [3.8, 4) is 0 Å². The Morgan fingerprint density at radius 1 is 1.62 bits per heavy atom. The van der Waals surface area contributed by atoms with Gasteiger partial charge in [-0.1, -0.05) is 0 Å². The van der Waals surface area contributed by atoms with Crippen molar-refractivity contribution >= 4 is 10.0 Å². The van der Waals surface area contributed by atoms with Gasteiger partial charge in [-0.15, -0.1) is 0 Å². The molecule has 0 amide bonds. The highest BCUT2D eigenvalue weighted by atomic mass is 28.2. The van der Waals surface area contributed by atoms with Crippen LogP contribution in [0.15, 0.2) is 0 Å². The molecule has 0 rings (SSSR count). The molecular weight excluding hydrogens is 124 g/mol. The monoisotopic (exact) mass is 136 g/mol. The highest BCUT2D eigenvalue weighted by Gasteiger charge is 1.89. The molecule has 1 N–H and O–H groups in total. The Labute approximate surface area is 51.7 Å². The largest absolute Gasteiger partial charge is 0.415 e. The van der Waals surface area contributed by atoms with E-state index in [9.17, 15) is 0 Å². The van der Waals surface area contributed by atoms with Gasteiger partial charge >= 0.3 is 10.0 Å². The lowest BCUT2D eigenvalue weighted by Gasteiger charge is -2.05. The van der Waals surface area contributed by atoms with Gasteiger partial charge < -0.3 is 14.0 Å². The SMILES string of the molecule is CC(C)OCO[SiH2]O. The van der Waals surface area contributed by atoms with Crippen LogP contribution in [0.25, 0.3) is 0 Å². The summed E-state index contributed by atoms with van der Waals surface area (Å²) in [6.45, 7) is 4.07. The molecule has 0 radical (unpaired) electrons. The van der Waals surface area contributed by atoms with Crippen molar-refractivity contribution < 1.29 is 14.0 Å². The standard InChI is InChI=1S/C4H12O3Si/c1-4(2)6-3-7-8-5/h4-5H,3,8H2,1-2H3. The van der Waals surface area contributed by atoms with E-state index >= 15 is 0 Å². The predicted octanol–water partition coefficient (Wildman–Crippen LogP) is -0.623. The topological polar surface area (TPSA) is 38.7 Å². The Hall–Kier alpha value is 0.0969. The molecule has 0 aromatic heterocycles. The molecule has 0 aliphatic carbocycles. The fourth-order valence-electron chi connectivity index (χ4n) is 0.221. The lowest BCUT2D eigenvalue weighted by molar-refractivity contribution is -0.0249. The summed E-state index contributed by atoms with van der Waals surface area (Å²) in [5, 5.41) is 0. The summed E-state index contributed by atoms with van der Waals surface area (Å²) in [6, 6.07) is 0. The molecule has 0 saturated carbocycles. The fourth-order valence-corrected chi connectivity index (χ4v) is 0.392. The summed E-state index contributed by atoms with van der Waals surface area (Å²) in [5.41, 5.74) is 0. The molecule has 0 bridgehead atoms. The van der Waals surface area contributed by atoms with Gasteiger partial charge in [0.2, 0.25) is 0 Å². The number of hydrogen-bond donors (Lipinski definition) is 1. The van der Waals surface area contributed by atoms with E-state index in [1.807, 2.05) is 13.8 Å². The maximum Gasteiger partial charge on any atom is 0.303 e. The predicted molar refractivity (Wildman–Crippen MR) is 32.9 cm³/mol. The van der Waals surface area contributed by atoms with Crippen molar-refractivity contribution in [1.29, 1.82) is 0 Å². The molecule has 0 aromatic carbocycles. The van der Waals surface area contributed by atoms with Crippen molar-refractivity contribution in [2.75, 3.05) is 6.79 Å². The van der Waals surface area contributed by atoms with E-state index in [-0.39, 0.29) is 12.9 Å². The van der Waals surface area contributed by atoms with E-state index in [4.69, 9.17) is 9.53 Å². The first-order chi connectivity index (χ1) is 3.77. The molecule has 8 heavy (non-hydrogen) atoms. The molecule has 0 aromatic rings. The Bertz CT molecular complexity index is 48.5. The summed E-state index contributed by atoms with van der Waals surface area (Å²) >= 11 is 0. The second-order valence-corrected chi connectivity index (χ2v) is 2.33. The number of hydrogen-bond acceptors (Lipinski definition) is 3. The van der Waals surface area contributed by atoms with E-state index < -0.39 is 10.0 Å². The van der Waals surface area contributed by atoms with Crippen LogP contribution >= 0.6 is 0 Å². The van der Waals surface area contributed by atoms with Crippen molar-refractivity contribution in [2.45, 2.75) is 20.0 Å². The molecule has 3 nitrogen and oxygen atoms in total. The average molecular weight is 136 g/mol. The maximum atomic E-state index is 8.22. The highest BCUT2D eigenvalue weighted by Crippen LogP contribution is 1.85. The lowest BCUT2D eigenvalue weighted by atomic mass is 10.5. The van der Waals surface area contributed by atoms with Crippen LogP contribution in [0.5, 0.6) is 0 Å². The van der Waals surface area contributed by atoms with Crippen molar-refractivity contribution in [2.24, 2.45) is 0 Å². The van der Waals surface area contributed by atoms with E-state index in [2.05, 4.69) is 4.43 Å². The van der Waals surface area contributed by atoms with Crippen LogP contribution in [-0.4, -0.2) is 27.7 Å². The Morgan fingerprint density at radius 2 is 2.25 bits per heavy atom. The van der Waals surface area contributed by atoms with Gasteiger partial charge in [0.25, 0.3) is 0 Å². The molecule has 0 spiro atoms. The van der Waals surface area contributed by atoms with Crippen LogP contribution in [0.4, 0.5) is 0 Å². The first-order valence-electron chi connectivity index (χ1n) is 2.57. The van der Waals surface area contributed by atoms with Crippen LogP contribution < -0.4 is 0 Å². The minimum Gasteiger partial charge on any atom is -0.415 e. The molecule has 4 heteroatoms. The Balaban J connectivity index is 2.72. The molecule has 0 unspecified atom stereocenters. The van der Waals surface area contributed by atoms with Gasteiger partial charge in [0.1, 0.15) is 6.79 Å². The van der Waals surface area contributed by atoms with E-state index in [1.165, 1.54) is 0 Å². The summed E-state index contributed by atoms with van der Waals surface area (Å²) < 4.78 is 9.55. The van der Waals surface area contributed by atoms with Gasteiger partial charge in [0.15, 0.2) is 0 Å². The van der Waals surface area contributed by atoms with E-state index in [1.54, 1.807) is 0 Å². The van der Waals surface area contributed by atoms with Gasteiger partial charge in [-0.05, 0) is 13.8 Å². The van der Waals surface area contributed by atoms with Gasteiger partial charge in [-0.3, -0.25) is 0 Å². The molecule has 0 aliphatic rings. The van der Waals surface area contributed by atoms with E-state index in [0.717, 1.165) is 0 Å². The van der Waals surface area contributed by atoms with Gasteiger partial charge in [0, 0.05) is 0 Å². The smallest absolute Gasteiger partial charge is 0.303 e. The highest BCUT2D eigenvalue weighted by molar-refractivity contribution is 6.15. The van der Waals surface area contributed by atoms with Crippen molar-refractivity contribution in [1.82, 2.24) is 0 Å². The fraction of sp³-hybridized carbons (Fsp3) is 1.00. The third-order valence-electron chi connectivity index (χ3n) is 0.576. The van der Waals surface area contributed by atoms with E-state index in [0.29, 0.717) is 0 Å². The van der Waals surface area contributed by atoms with Crippen molar-refractivity contribution in [3.63, 3.8) is 0 Å². The Kier molecular flexibility index (Phi) is 5.30. The van der Waals surface area contributed by atoms with Crippen molar-refractivity contribution in [3.05, 3.63) is 0 Å². The van der Waals surface area contributed by atoms with Crippen LogP contribution in [0.3, 0.4) is 0 Å². The summed E-state index contributed by atoms with van der Waals surface area (Å²) in [4.78, 5) is 8.22. The zero-order valence-electron chi connectivity index (χ0n) is 5.26. The quantitative estimate of drug-likeness (QED) is 0.318. The number of ether oxygens (including phenoxy) is 1. The molecule has 0 heterocycles. The van der Waals surface area contributed by atoms with Crippen LogP contribution in [0.2, 0.25) is 0 Å². The maximum absolute atomic E-state index is 8.22. The molecule has 0 aliphatic heterocycles. The second-order valence-electron chi connectivity index (χ2n) is 1.67. The lowest BCUT2D eigenvalue weighted by Crippen LogP contribution is -2.08. The van der Waals surface area contributed by atoms with Crippen LogP contribution in [0.1, 0.15) is 13.8 Å². The zero-order chi connectivity index (χ0) is 6.41. The average Bonchev–Trinajstić information content (AvgIpc) is 1.66. The third-order valence-corrected chi connectivity index (χ3v) is 0.925. The van der Waals surface area contributed by atoms with Gasteiger partial charge in [0.05, 0.1) is 6.10 Å². The first kappa shape index (κ1) is 8.10. The first-order valence-corrected chi connectivity index (χ1v) is 3.78. The molecule has 0 saturated heterocycles. The summed E-state index contributed by atoms with van der Waals surface area (Å²) in [6.07, 6.45) is 0.190. The summed E-state index contributed by atoms with van der Waals surface area (Å²) in [7, 11) is -1.25. The number of rotatable bonds is 4. The molecule has 0 atom stereocenters. The Morgan fingerprint density at radius 3 is 2.62 bits per heavy atom. The summed E-state index contributed by atoms with van der Waals surface area (Å²) in [5.74, 6) is 0. The van der Waals surface area contributed by atoms with Gasteiger partial charge in [-0.2, -0.15) is 0 Å². The zero-order valence-corrected chi connectivity index (χ0v) is 6.67. The third kappa shape index (κ3) is 6.10. The van der Waals surface area contributed by atoms with Crippen LogP contribution in [-0.2, 0) is 9.16 Å².